The lowest BCUT2D eigenvalue weighted by molar-refractivity contribution is 0.138. The van der Waals surface area contributed by atoms with Crippen LogP contribution in [0.4, 0.5) is 4.79 Å². The Morgan fingerprint density at radius 3 is 2.92 bits per heavy atom. The Balaban J connectivity index is 1.55. The maximum absolute atomic E-state index is 12.8. The fourth-order valence-electron chi connectivity index (χ4n) is 3.66. The number of fused-ring (bicyclic) bond motifs is 1. The second kappa shape index (κ2) is 8.26. The van der Waals surface area contributed by atoms with E-state index in [2.05, 4.69) is 10.0 Å². The molecule has 0 aliphatic carbocycles. The predicted molar refractivity (Wildman–Crippen MR) is 99.8 cm³/mol. The van der Waals surface area contributed by atoms with Crippen LogP contribution < -0.4 is 14.8 Å². The molecule has 1 saturated heterocycles. The molecule has 2 heterocycles. The predicted octanol–water partition coefficient (Wildman–Crippen LogP) is 1.49. The molecular formula is C18H27N3O4S. The summed E-state index contributed by atoms with van der Waals surface area (Å²) in [6, 6.07) is 7.82. The van der Waals surface area contributed by atoms with E-state index in [1.54, 1.807) is 0 Å². The van der Waals surface area contributed by atoms with Crippen molar-refractivity contribution in [3.05, 3.63) is 29.8 Å². The first-order valence-electron chi connectivity index (χ1n) is 9.15. The number of ether oxygens (including phenoxy) is 1. The van der Waals surface area contributed by atoms with Gasteiger partial charge in [0.05, 0.1) is 12.3 Å². The topological polar surface area (TPSA) is 87.7 Å². The molecule has 1 fully saturated rings. The average molecular weight is 381 g/mol. The normalized spacial score (nSPS) is 23.0. The minimum absolute atomic E-state index is 0.0471. The smallest absolute Gasteiger partial charge is 0.317 e. The van der Waals surface area contributed by atoms with Crippen molar-refractivity contribution in [1.29, 1.82) is 0 Å². The number of likely N-dealkylation sites (tertiary alicyclic amines) is 1. The number of nitrogens with one attached hydrogen (secondary N) is 2. The molecule has 3 rings (SSSR count). The molecule has 0 radical (unpaired) electrons. The minimum Gasteiger partial charge on any atom is -0.491 e. The van der Waals surface area contributed by atoms with Gasteiger partial charge in [0.25, 0.3) is 0 Å². The maximum Gasteiger partial charge on any atom is 0.317 e. The fourth-order valence-corrected chi connectivity index (χ4v) is 4.15. The van der Waals surface area contributed by atoms with Crippen LogP contribution in [-0.2, 0) is 16.4 Å². The van der Waals surface area contributed by atoms with Gasteiger partial charge in [-0.3, -0.25) is 0 Å². The Labute approximate surface area is 155 Å². The van der Waals surface area contributed by atoms with Crippen molar-refractivity contribution in [1.82, 2.24) is 14.9 Å². The van der Waals surface area contributed by atoms with E-state index in [-0.39, 0.29) is 18.1 Å². The van der Waals surface area contributed by atoms with Crippen molar-refractivity contribution < 1.29 is 17.9 Å². The lowest BCUT2D eigenvalue weighted by Crippen LogP contribution is -2.54. The highest BCUT2D eigenvalue weighted by molar-refractivity contribution is 7.88. The number of para-hydroxylation sites is 1. The van der Waals surface area contributed by atoms with Crippen molar-refractivity contribution in [3.63, 3.8) is 0 Å². The first-order chi connectivity index (χ1) is 12.4. The van der Waals surface area contributed by atoms with Gasteiger partial charge in [0, 0.05) is 19.1 Å². The first-order valence-corrected chi connectivity index (χ1v) is 11.0. The highest BCUT2D eigenvalue weighted by Gasteiger charge is 2.29. The molecule has 26 heavy (non-hydrogen) atoms. The molecule has 8 heteroatoms. The molecule has 7 nitrogen and oxygen atoms in total. The lowest BCUT2D eigenvalue weighted by Gasteiger charge is -2.37. The van der Waals surface area contributed by atoms with E-state index in [9.17, 15) is 13.2 Å². The zero-order chi connectivity index (χ0) is 18.6. The molecule has 2 aliphatic rings. The number of carbonyl (C=O) groups is 1. The van der Waals surface area contributed by atoms with E-state index < -0.39 is 10.0 Å². The van der Waals surface area contributed by atoms with Crippen molar-refractivity contribution in [2.45, 2.75) is 44.2 Å². The molecular weight excluding hydrogens is 354 g/mol. The van der Waals surface area contributed by atoms with Gasteiger partial charge in [-0.1, -0.05) is 18.2 Å². The number of amides is 2. The number of hydrogen-bond acceptors (Lipinski definition) is 4. The van der Waals surface area contributed by atoms with Gasteiger partial charge in [-0.25, -0.2) is 17.9 Å². The number of rotatable bonds is 5. The molecule has 2 N–H and O–H groups in total. The summed E-state index contributed by atoms with van der Waals surface area (Å²) in [5.41, 5.74) is 1.11. The number of hydrogen-bond donors (Lipinski definition) is 2. The van der Waals surface area contributed by atoms with Crippen LogP contribution >= 0.6 is 0 Å². The van der Waals surface area contributed by atoms with E-state index in [1.165, 1.54) is 0 Å². The highest BCUT2D eigenvalue weighted by Crippen LogP contribution is 2.25. The molecule has 2 aliphatic heterocycles. The van der Waals surface area contributed by atoms with Crippen molar-refractivity contribution >= 4 is 16.1 Å². The Bertz CT molecular complexity index is 738. The third-order valence-corrected chi connectivity index (χ3v) is 5.66. The monoisotopic (exact) mass is 381 g/mol. The second-order valence-electron chi connectivity index (χ2n) is 7.07. The number of sulfonamides is 1. The van der Waals surface area contributed by atoms with Gasteiger partial charge >= 0.3 is 6.03 Å². The first kappa shape index (κ1) is 19.0. The van der Waals surface area contributed by atoms with Crippen LogP contribution in [0.3, 0.4) is 0 Å². The molecule has 0 bridgehead atoms. The minimum atomic E-state index is -3.20. The molecule has 2 amide bonds. The van der Waals surface area contributed by atoms with Crippen LogP contribution in [0.15, 0.2) is 24.3 Å². The van der Waals surface area contributed by atoms with Gasteiger partial charge in [0.1, 0.15) is 12.4 Å². The van der Waals surface area contributed by atoms with Gasteiger partial charge < -0.3 is 15.0 Å². The molecule has 0 spiro atoms. The third kappa shape index (κ3) is 5.11. The van der Waals surface area contributed by atoms with E-state index in [1.807, 2.05) is 29.2 Å². The lowest BCUT2D eigenvalue weighted by atomic mass is 9.99. The van der Waals surface area contributed by atoms with E-state index >= 15 is 0 Å². The quantitative estimate of drug-likeness (QED) is 0.809. The molecule has 0 unspecified atom stereocenters. The van der Waals surface area contributed by atoms with Gasteiger partial charge in [-0.2, -0.15) is 0 Å². The van der Waals surface area contributed by atoms with Crippen molar-refractivity contribution in [3.8, 4) is 5.75 Å². The number of urea groups is 1. The van der Waals surface area contributed by atoms with Crippen LogP contribution in [0, 0.1) is 0 Å². The summed E-state index contributed by atoms with van der Waals surface area (Å²) in [6.45, 7) is 1.53. The van der Waals surface area contributed by atoms with Gasteiger partial charge in [-0.15, -0.1) is 0 Å². The molecule has 144 valence electrons. The van der Waals surface area contributed by atoms with E-state index in [4.69, 9.17) is 4.74 Å². The Morgan fingerprint density at radius 1 is 1.31 bits per heavy atom. The molecule has 0 aromatic heterocycles. The van der Waals surface area contributed by atoms with Crippen molar-refractivity contribution in [2.75, 3.05) is 26.0 Å². The molecule has 2 atom stereocenters. The number of benzene rings is 1. The van der Waals surface area contributed by atoms with Gasteiger partial charge in [-0.05, 0) is 43.7 Å². The number of piperidine rings is 1. The summed E-state index contributed by atoms with van der Waals surface area (Å²) in [5.74, 6) is 0.890. The van der Waals surface area contributed by atoms with E-state index in [0.717, 1.165) is 43.3 Å². The maximum atomic E-state index is 12.8. The Kier molecular flexibility index (Phi) is 6.03. The summed E-state index contributed by atoms with van der Waals surface area (Å²) < 4.78 is 30.7. The van der Waals surface area contributed by atoms with E-state index in [0.29, 0.717) is 26.1 Å². The fraction of sp³-hybridized carbons (Fsp3) is 0.611. The molecule has 1 aromatic carbocycles. The van der Waals surface area contributed by atoms with Crippen molar-refractivity contribution in [2.24, 2.45) is 0 Å². The Hall–Kier alpha value is -1.80. The van der Waals surface area contributed by atoms with Crippen LogP contribution in [-0.4, -0.2) is 57.4 Å². The zero-order valence-electron chi connectivity index (χ0n) is 15.1. The SMILES string of the molecule is CS(=O)(=O)NCC[C@H]1CCCCN1C(=O)N[C@H]1COc2ccccc2C1. The summed E-state index contributed by atoms with van der Waals surface area (Å²) in [7, 11) is -3.20. The average Bonchev–Trinajstić information content (AvgIpc) is 2.61. The zero-order valence-corrected chi connectivity index (χ0v) is 15.9. The summed E-state index contributed by atoms with van der Waals surface area (Å²) in [6.07, 6.45) is 5.49. The van der Waals surface area contributed by atoms with Gasteiger partial charge in [0.15, 0.2) is 0 Å². The largest absolute Gasteiger partial charge is 0.491 e. The van der Waals surface area contributed by atoms with Crippen LogP contribution in [0.5, 0.6) is 5.75 Å². The number of carbonyl (C=O) groups excluding carboxylic acids is 1. The molecule has 1 aromatic rings. The molecule has 0 saturated carbocycles. The highest BCUT2D eigenvalue weighted by atomic mass is 32.2. The second-order valence-corrected chi connectivity index (χ2v) is 8.90. The van der Waals surface area contributed by atoms with Gasteiger partial charge in [0.2, 0.25) is 10.0 Å². The standard InChI is InChI=1S/C18H27N3O4S/c1-26(23,24)19-10-9-16-7-4-5-11-21(16)18(22)20-15-12-14-6-2-3-8-17(14)25-13-15/h2-3,6,8,15-16,19H,4-5,7,9-13H2,1H3,(H,20,22)/t15-,16-/m1/s1. The third-order valence-electron chi connectivity index (χ3n) is 4.94. The summed E-state index contributed by atoms with van der Waals surface area (Å²) >= 11 is 0. The van der Waals surface area contributed by atoms with Crippen LogP contribution in [0.1, 0.15) is 31.2 Å². The Morgan fingerprint density at radius 2 is 2.12 bits per heavy atom. The summed E-state index contributed by atoms with van der Waals surface area (Å²) in [4.78, 5) is 14.6. The number of nitrogens with zero attached hydrogens (tertiary/aromatic N) is 1. The van der Waals surface area contributed by atoms with Crippen LogP contribution in [0.25, 0.3) is 0 Å². The van der Waals surface area contributed by atoms with Crippen LogP contribution in [0.2, 0.25) is 0 Å². The summed E-state index contributed by atoms with van der Waals surface area (Å²) in [5, 5.41) is 3.09.